The normalized spacial score (nSPS) is 18.2. The van der Waals surface area contributed by atoms with Gasteiger partial charge in [0, 0.05) is 18.4 Å². The first kappa shape index (κ1) is 21.0. The molecule has 0 heterocycles. The van der Waals surface area contributed by atoms with Crippen LogP contribution in [-0.2, 0) is 0 Å². The second-order valence-electron chi connectivity index (χ2n) is 9.16. The van der Waals surface area contributed by atoms with Crippen molar-refractivity contribution in [3.05, 3.63) is 39.6 Å². The van der Waals surface area contributed by atoms with Gasteiger partial charge in [-0.25, -0.2) is 4.74 Å². The van der Waals surface area contributed by atoms with Crippen molar-refractivity contribution in [1.82, 2.24) is 0 Å². The highest BCUT2D eigenvalue weighted by molar-refractivity contribution is 5.56. The first-order chi connectivity index (χ1) is 12.2. The zero-order valence-electron chi connectivity index (χ0n) is 18.0. The summed E-state index contributed by atoms with van der Waals surface area (Å²) < 4.78 is 1.26. The van der Waals surface area contributed by atoms with E-state index in [2.05, 4.69) is 60.6 Å². The van der Waals surface area contributed by atoms with Crippen LogP contribution >= 0.6 is 0 Å². The molecule has 1 fully saturated rings. The first-order valence-electron chi connectivity index (χ1n) is 10.7. The minimum absolute atomic E-state index is 0.118. The molecule has 1 aromatic carbocycles. The van der Waals surface area contributed by atoms with Crippen LogP contribution < -0.4 is 0 Å². The molecule has 0 N–H and O–H groups in total. The van der Waals surface area contributed by atoms with Crippen molar-refractivity contribution in [2.24, 2.45) is 5.92 Å². The fraction of sp³-hybridized carbons (Fsp3) is 0.708. The molecule has 0 bridgehead atoms. The third-order valence-electron chi connectivity index (χ3n) is 5.98. The Hall–Kier alpha value is -1.31. The van der Waals surface area contributed by atoms with E-state index < -0.39 is 0 Å². The third-order valence-corrected chi connectivity index (χ3v) is 5.98. The maximum Gasteiger partial charge on any atom is 0.185 e. The van der Waals surface area contributed by atoms with E-state index in [-0.39, 0.29) is 6.04 Å². The van der Waals surface area contributed by atoms with Crippen molar-refractivity contribution >= 4 is 6.21 Å². The Balaban J connectivity index is 2.49. The summed E-state index contributed by atoms with van der Waals surface area (Å²) >= 11 is 0. The monoisotopic (exact) mass is 357 g/mol. The Morgan fingerprint density at radius 2 is 1.35 bits per heavy atom. The Kier molecular flexibility index (Phi) is 7.32. The fourth-order valence-corrected chi connectivity index (χ4v) is 4.24. The molecule has 0 aliphatic heterocycles. The summed E-state index contributed by atoms with van der Waals surface area (Å²) in [6.07, 6.45) is 8.18. The van der Waals surface area contributed by atoms with Crippen molar-refractivity contribution in [1.29, 1.82) is 0 Å². The van der Waals surface area contributed by atoms with Crippen LogP contribution in [0.2, 0.25) is 0 Å². The summed E-state index contributed by atoms with van der Waals surface area (Å²) in [4.78, 5) is 0. The zero-order valence-corrected chi connectivity index (χ0v) is 18.0. The van der Waals surface area contributed by atoms with Gasteiger partial charge in [-0.3, -0.25) is 0 Å². The van der Waals surface area contributed by atoms with Gasteiger partial charge in [0.15, 0.2) is 12.3 Å². The second kappa shape index (κ2) is 9.06. The van der Waals surface area contributed by atoms with Gasteiger partial charge in [-0.2, -0.15) is 0 Å². The Morgan fingerprint density at radius 1 is 0.846 bits per heavy atom. The van der Waals surface area contributed by atoms with Crippen molar-refractivity contribution in [2.75, 3.05) is 0 Å². The van der Waals surface area contributed by atoms with Gasteiger partial charge < -0.3 is 5.21 Å². The van der Waals surface area contributed by atoms with E-state index >= 15 is 0 Å². The van der Waals surface area contributed by atoms with Crippen LogP contribution in [0.5, 0.6) is 0 Å². The van der Waals surface area contributed by atoms with Crippen molar-refractivity contribution in [3.63, 3.8) is 0 Å². The van der Waals surface area contributed by atoms with E-state index in [1.807, 2.05) is 6.21 Å². The predicted octanol–water partition coefficient (Wildman–Crippen LogP) is 7.28. The van der Waals surface area contributed by atoms with Crippen LogP contribution in [0.1, 0.15) is 127 Å². The molecule has 0 radical (unpaired) electrons. The molecule has 2 heteroatoms. The van der Waals surface area contributed by atoms with Crippen molar-refractivity contribution in [2.45, 2.75) is 104 Å². The lowest BCUT2D eigenvalue weighted by Gasteiger charge is -2.26. The van der Waals surface area contributed by atoms with Gasteiger partial charge in [-0.1, -0.05) is 72.9 Å². The fourth-order valence-electron chi connectivity index (χ4n) is 4.24. The standard InChI is InChI=1S/C24H39NO/c1-16(2)21-13-22(17(3)4)24(23(14-21)18(5)6)19(7)25(26)15-20-11-9-8-10-12-20/h13-20H,8-12H2,1-7H3/b25-15-/t19-/m1/s1. The summed E-state index contributed by atoms with van der Waals surface area (Å²) in [6, 6.07) is 4.58. The number of hydrogen-bond donors (Lipinski definition) is 0. The Labute approximate surface area is 161 Å². The van der Waals surface area contributed by atoms with Gasteiger partial charge in [0.1, 0.15) is 0 Å². The number of benzene rings is 1. The molecule has 2 rings (SSSR count). The van der Waals surface area contributed by atoms with Gasteiger partial charge in [0.05, 0.1) is 0 Å². The SMILES string of the molecule is CC(C)c1cc(C(C)C)c([C@@H](C)/[N+]([O-])=C/C2CCCCC2)c(C(C)C)c1. The molecule has 2 nitrogen and oxygen atoms in total. The average Bonchev–Trinajstić information content (AvgIpc) is 2.60. The number of hydrogen-bond acceptors (Lipinski definition) is 1. The van der Waals surface area contributed by atoms with E-state index in [0.717, 1.165) is 0 Å². The molecule has 0 spiro atoms. The molecule has 1 aromatic rings. The summed E-state index contributed by atoms with van der Waals surface area (Å²) in [6.45, 7) is 15.6. The van der Waals surface area contributed by atoms with Gasteiger partial charge in [-0.15, -0.1) is 0 Å². The number of hydroxylamine groups is 1. The van der Waals surface area contributed by atoms with E-state index in [1.54, 1.807) is 0 Å². The third kappa shape index (κ3) is 4.90. The Morgan fingerprint density at radius 3 is 1.77 bits per heavy atom. The maximum atomic E-state index is 13.0. The molecule has 0 amide bonds. The summed E-state index contributed by atoms with van der Waals surface area (Å²) in [7, 11) is 0. The molecule has 26 heavy (non-hydrogen) atoms. The number of nitrogens with zero attached hydrogens (tertiary/aromatic N) is 1. The van der Waals surface area contributed by atoms with E-state index in [4.69, 9.17) is 0 Å². The molecular formula is C24H39NO. The van der Waals surface area contributed by atoms with Crippen LogP contribution in [-0.4, -0.2) is 11.0 Å². The van der Waals surface area contributed by atoms with E-state index in [9.17, 15) is 5.21 Å². The molecule has 0 unspecified atom stereocenters. The maximum absolute atomic E-state index is 13.0. The van der Waals surface area contributed by atoms with Crippen molar-refractivity contribution in [3.8, 4) is 0 Å². The van der Waals surface area contributed by atoms with Crippen LogP contribution in [0.15, 0.2) is 12.1 Å². The summed E-state index contributed by atoms with van der Waals surface area (Å²) in [5.41, 5.74) is 5.36. The van der Waals surface area contributed by atoms with Crippen LogP contribution in [0, 0.1) is 11.1 Å². The highest BCUT2D eigenvalue weighted by Crippen LogP contribution is 2.37. The topological polar surface area (TPSA) is 26.1 Å². The average molecular weight is 358 g/mol. The molecule has 1 aliphatic carbocycles. The van der Waals surface area contributed by atoms with Gasteiger partial charge in [0.2, 0.25) is 0 Å². The quantitative estimate of drug-likeness (QED) is 0.227. The van der Waals surface area contributed by atoms with Gasteiger partial charge in [0.25, 0.3) is 0 Å². The highest BCUT2D eigenvalue weighted by atomic mass is 16.5. The van der Waals surface area contributed by atoms with Gasteiger partial charge in [-0.05, 0) is 47.3 Å². The highest BCUT2D eigenvalue weighted by Gasteiger charge is 2.26. The molecule has 1 saturated carbocycles. The smallest absolute Gasteiger partial charge is 0.185 e. The molecule has 0 saturated heterocycles. The van der Waals surface area contributed by atoms with Crippen LogP contribution in [0.25, 0.3) is 0 Å². The van der Waals surface area contributed by atoms with Crippen molar-refractivity contribution < 1.29 is 4.74 Å². The largest absolute Gasteiger partial charge is 0.624 e. The number of rotatable bonds is 6. The molecule has 0 aromatic heterocycles. The molecular weight excluding hydrogens is 318 g/mol. The van der Waals surface area contributed by atoms with Crippen LogP contribution in [0.4, 0.5) is 0 Å². The molecule has 1 atom stereocenters. The van der Waals surface area contributed by atoms with E-state index in [0.29, 0.717) is 23.7 Å². The summed E-state index contributed by atoms with van der Waals surface area (Å²) in [5.74, 6) is 1.81. The van der Waals surface area contributed by atoms with Crippen LogP contribution in [0.3, 0.4) is 0 Å². The first-order valence-corrected chi connectivity index (χ1v) is 10.7. The minimum Gasteiger partial charge on any atom is -0.624 e. The zero-order chi connectivity index (χ0) is 19.4. The van der Waals surface area contributed by atoms with Gasteiger partial charge >= 0.3 is 0 Å². The summed E-state index contributed by atoms with van der Waals surface area (Å²) in [5, 5.41) is 13.0. The molecule has 146 valence electrons. The lowest BCUT2D eigenvalue weighted by atomic mass is 9.82. The molecule has 1 aliphatic rings. The predicted molar refractivity (Wildman–Crippen MR) is 113 cm³/mol. The lowest BCUT2D eigenvalue weighted by molar-refractivity contribution is -0.501. The minimum atomic E-state index is -0.118. The Bertz CT molecular complexity index is 592. The lowest BCUT2D eigenvalue weighted by Crippen LogP contribution is -2.21. The van der Waals surface area contributed by atoms with E-state index in [1.165, 1.54) is 59.1 Å². The second-order valence-corrected chi connectivity index (χ2v) is 9.16.